The molecule has 0 aliphatic heterocycles. The summed E-state index contributed by atoms with van der Waals surface area (Å²) in [6.07, 6.45) is 0. The van der Waals surface area contributed by atoms with E-state index in [1.807, 2.05) is 62.4 Å². The zero-order valence-corrected chi connectivity index (χ0v) is 19.8. The molecule has 1 aromatic heterocycles. The molecule has 0 bridgehead atoms. The van der Waals surface area contributed by atoms with Gasteiger partial charge in [-0.2, -0.15) is 0 Å². The van der Waals surface area contributed by atoms with Gasteiger partial charge in [0.05, 0.1) is 21.7 Å². The van der Waals surface area contributed by atoms with E-state index < -0.39 is 10.0 Å². The lowest BCUT2D eigenvalue weighted by atomic mass is 10.0. The van der Waals surface area contributed by atoms with Crippen LogP contribution in [0.1, 0.15) is 21.5 Å². The van der Waals surface area contributed by atoms with Gasteiger partial charge in [-0.25, -0.2) is 17.7 Å². The Balaban J connectivity index is 1.78. The molecule has 0 aliphatic carbocycles. The van der Waals surface area contributed by atoms with Crippen molar-refractivity contribution in [3.8, 4) is 11.3 Å². The van der Waals surface area contributed by atoms with E-state index in [0.29, 0.717) is 22.5 Å². The van der Waals surface area contributed by atoms with Crippen LogP contribution in [0.2, 0.25) is 0 Å². The van der Waals surface area contributed by atoms with Gasteiger partial charge in [-0.15, -0.1) is 0 Å². The normalized spacial score (nSPS) is 11.7. The second-order valence-electron chi connectivity index (χ2n) is 8.16. The quantitative estimate of drug-likeness (QED) is 0.454. The van der Waals surface area contributed by atoms with Crippen molar-refractivity contribution in [2.24, 2.45) is 0 Å². The van der Waals surface area contributed by atoms with Crippen molar-refractivity contribution in [2.45, 2.75) is 18.7 Å². The van der Waals surface area contributed by atoms with E-state index in [1.165, 1.54) is 26.2 Å². The molecule has 0 spiro atoms. The summed E-state index contributed by atoms with van der Waals surface area (Å²) in [6, 6.07) is 21.9. The Kier molecular flexibility index (Phi) is 6.01. The highest BCUT2D eigenvalue weighted by molar-refractivity contribution is 7.89. The fourth-order valence-electron chi connectivity index (χ4n) is 3.53. The van der Waals surface area contributed by atoms with Crippen molar-refractivity contribution >= 4 is 32.5 Å². The maximum absolute atomic E-state index is 13.4. The summed E-state index contributed by atoms with van der Waals surface area (Å²) >= 11 is 0. The number of amides is 1. The van der Waals surface area contributed by atoms with Crippen LogP contribution in [0.15, 0.2) is 77.7 Å². The van der Waals surface area contributed by atoms with Crippen LogP contribution in [0.3, 0.4) is 0 Å². The second kappa shape index (κ2) is 8.77. The monoisotopic (exact) mass is 459 g/mol. The van der Waals surface area contributed by atoms with E-state index in [0.717, 1.165) is 26.4 Å². The van der Waals surface area contributed by atoms with E-state index in [9.17, 15) is 13.2 Å². The van der Waals surface area contributed by atoms with Gasteiger partial charge in [-0.3, -0.25) is 4.79 Å². The van der Waals surface area contributed by atoms with Crippen molar-refractivity contribution in [1.82, 2.24) is 9.29 Å². The molecule has 0 fully saturated rings. The van der Waals surface area contributed by atoms with Gasteiger partial charge in [-0.1, -0.05) is 54.1 Å². The summed E-state index contributed by atoms with van der Waals surface area (Å²) in [4.78, 5) is 18.3. The number of nitrogens with one attached hydrogen (secondary N) is 1. The van der Waals surface area contributed by atoms with Crippen LogP contribution in [0.5, 0.6) is 0 Å². The topological polar surface area (TPSA) is 79.4 Å². The van der Waals surface area contributed by atoms with Crippen LogP contribution < -0.4 is 5.32 Å². The molecule has 0 aliphatic rings. The third-order valence-corrected chi connectivity index (χ3v) is 7.36. The van der Waals surface area contributed by atoms with Crippen LogP contribution in [0.4, 0.5) is 5.69 Å². The number of aryl methyl sites for hydroxylation is 2. The average molecular weight is 460 g/mol. The van der Waals surface area contributed by atoms with Crippen molar-refractivity contribution in [3.05, 3.63) is 89.5 Å². The van der Waals surface area contributed by atoms with E-state index in [1.54, 1.807) is 12.1 Å². The van der Waals surface area contributed by atoms with Crippen LogP contribution in [0.25, 0.3) is 22.2 Å². The molecule has 4 rings (SSSR count). The van der Waals surface area contributed by atoms with E-state index in [2.05, 4.69) is 5.32 Å². The van der Waals surface area contributed by atoms with E-state index >= 15 is 0 Å². The molecular formula is C26H25N3O3S. The maximum atomic E-state index is 13.4. The van der Waals surface area contributed by atoms with Crippen LogP contribution in [-0.2, 0) is 10.0 Å². The van der Waals surface area contributed by atoms with Gasteiger partial charge in [-0.05, 0) is 43.7 Å². The molecule has 168 valence electrons. The molecule has 3 aromatic carbocycles. The number of carbonyl (C=O) groups is 1. The van der Waals surface area contributed by atoms with Gasteiger partial charge in [0.25, 0.3) is 5.91 Å². The molecule has 33 heavy (non-hydrogen) atoms. The van der Waals surface area contributed by atoms with Gasteiger partial charge < -0.3 is 5.32 Å². The maximum Gasteiger partial charge on any atom is 0.256 e. The fourth-order valence-corrected chi connectivity index (χ4v) is 4.46. The number of fused-ring (bicyclic) bond motifs is 1. The van der Waals surface area contributed by atoms with Crippen LogP contribution in [0, 0.1) is 13.8 Å². The smallest absolute Gasteiger partial charge is 0.256 e. The van der Waals surface area contributed by atoms with Gasteiger partial charge in [0.2, 0.25) is 10.0 Å². The minimum Gasteiger partial charge on any atom is -0.322 e. The highest BCUT2D eigenvalue weighted by Crippen LogP contribution is 2.27. The number of carbonyl (C=O) groups excluding carboxylic acids is 1. The van der Waals surface area contributed by atoms with Crippen LogP contribution in [-0.4, -0.2) is 37.7 Å². The van der Waals surface area contributed by atoms with Crippen molar-refractivity contribution in [1.29, 1.82) is 0 Å². The molecule has 0 saturated heterocycles. The first-order valence-electron chi connectivity index (χ1n) is 10.5. The first-order chi connectivity index (χ1) is 15.7. The summed E-state index contributed by atoms with van der Waals surface area (Å²) in [5.74, 6) is -0.329. The van der Waals surface area contributed by atoms with Crippen molar-refractivity contribution in [3.63, 3.8) is 0 Å². The molecule has 4 aromatic rings. The number of nitrogens with zero attached hydrogens (tertiary/aromatic N) is 2. The Bertz CT molecular complexity index is 1460. The highest BCUT2D eigenvalue weighted by Gasteiger charge is 2.20. The Morgan fingerprint density at radius 3 is 2.30 bits per heavy atom. The first-order valence-corrected chi connectivity index (χ1v) is 11.9. The number of benzene rings is 3. The standard InChI is InChI=1S/C26H25N3O3S/c1-17-9-12-19(13-10-17)25-16-22(21-7-5-6-8-23(21)27-25)26(30)28-24-15-20(14-11-18(24)2)33(31,32)29(3)4/h5-16H,1-4H3,(H,28,30). The predicted octanol–water partition coefficient (Wildman–Crippen LogP) is 5.02. The molecule has 7 heteroatoms. The zero-order chi connectivity index (χ0) is 23.8. The number of aromatic nitrogens is 1. The SMILES string of the molecule is Cc1ccc(-c2cc(C(=O)Nc3cc(S(=O)(=O)N(C)C)ccc3C)c3ccccc3n2)cc1. The lowest BCUT2D eigenvalue weighted by Gasteiger charge is -2.15. The average Bonchev–Trinajstić information content (AvgIpc) is 2.80. The summed E-state index contributed by atoms with van der Waals surface area (Å²) < 4.78 is 26.3. The Hall–Kier alpha value is -3.55. The van der Waals surface area contributed by atoms with Gasteiger partial charge in [0, 0.05) is 30.7 Å². The number of para-hydroxylation sites is 1. The third kappa shape index (κ3) is 4.51. The first kappa shape index (κ1) is 22.6. The lowest BCUT2D eigenvalue weighted by Crippen LogP contribution is -2.22. The van der Waals surface area contributed by atoms with Gasteiger partial charge in [0.15, 0.2) is 0 Å². The van der Waals surface area contributed by atoms with Crippen molar-refractivity contribution < 1.29 is 13.2 Å². The highest BCUT2D eigenvalue weighted by atomic mass is 32.2. The van der Waals surface area contributed by atoms with E-state index in [4.69, 9.17) is 4.98 Å². The number of anilines is 1. The number of rotatable bonds is 5. The Labute approximate surface area is 194 Å². The number of pyridine rings is 1. The molecule has 6 nitrogen and oxygen atoms in total. The van der Waals surface area contributed by atoms with Gasteiger partial charge >= 0.3 is 0 Å². The minimum absolute atomic E-state index is 0.119. The molecule has 1 amide bonds. The molecule has 0 radical (unpaired) electrons. The fraction of sp³-hybridized carbons (Fsp3) is 0.154. The number of hydrogen-bond donors (Lipinski definition) is 1. The second-order valence-corrected chi connectivity index (χ2v) is 10.3. The molecular weight excluding hydrogens is 434 g/mol. The lowest BCUT2D eigenvalue weighted by molar-refractivity contribution is 0.102. The summed E-state index contributed by atoms with van der Waals surface area (Å²) in [5.41, 5.74) is 5.13. The Morgan fingerprint density at radius 2 is 1.61 bits per heavy atom. The van der Waals surface area contributed by atoms with Crippen LogP contribution >= 0.6 is 0 Å². The molecule has 0 saturated carbocycles. The van der Waals surface area contributed by atoms with Gasteiger partial charge in [0.1, 0.15) is 0 Å². The van der Waals surface area contributed by atoms with Crippen molar-refractivity contribution in [2.75, 3.05) is 19.4 Å². The minimum atomic E-state index is -3.63. The third-order valence-electron chi connectivity index (χ3n) is 5.54. The number of sulfonamides is 1. The summed E-state index contributed by atoms with van der Waals surface area (Å²) in [7, 11) is -0.675. The molecule has 0 atom stereocenters. The largest absolute Gasteiger partial charge is 0.322 e. The summed E-state index contributed by atoms with van der Waals surface area (Å²) in [5, 5.41) is 3.63. The molecule has 0 unspecified atom stereocenters. The predicted molar refractivity (Wildman–Crippen MR) is 132 cm³/mol. The molecule has 1 heterocycles. The number of hydrogen-bond acceptors (Lipinski definition) is 4. The summed E-state index contributed by atoms with van der Waals surface area (Å²) in [6.45, 7) is 3.84. The molecule has 1 N–H and O–H groups in total. The Morgan fingerprint density at radius 1 is 0.909 bits per heavy atom. The zero-order valence-electron chi connectivity index (χ0n) is 19.0. The van der Waals surface area contributed by atoms with E-state index in [-0.39, 0.29) is 10.8 Å².